The quantitative estimate of drug-likeness (QED) is 0.475. The summed E-state index contributed by atoms with van der Waals surface area (Å²) in [5, 5.41) is 2.86. The predicted octanol–water partition coefficient (Wildman–Crippen LogP) is 5.42. The Labute approximate surface area is 194 Å². The molecule has 0 atom stereocenters. The van der Waals surface area contributed by atoms with Gasteiger partial charge >= 0.3 is 11.9 Å². The van der Waals surface area contributed by atoms with E-state index in [0.29, 0.717) is 21.5 Å². The molecule has 2 rings (SSSR count). The van der Waals surface area contributed by atoms with Crippen LogP contribution in [0.3, 0.4) is 0 Å². The molecular formula is C22H26BrNO6S. The number of hydrogen-bond acceptors (Lipinski definition) is 7. The topological polar surface area (TPSA) is 90.9 Å². The minimum atomic E-state index is -0.648. The van der Waals surface area contributed by atoms with Crippen LogP contribution in [0.5, 0.6) is 5.75 Å². The van der Waals surface area contributed by atoms with Crippen molar-refractivity contribution in [1.82, 2.24) is 0 Å². The maximum Gasteiger partial charge on any atom is 0.351 e. The fraction of sp³-hybridized carbons (Fsp3) is 0.409. The lowest BCUT2D eigenvalue weighted by Crippen LogP contribution is -2.27. The molecule has 0 spiro atoms. The highest BCUT2D eigenvalue weighted by Gasteiger charge is 2.26. The van der Waals surface area contributed by atoms with Crippen LogP contribution in [-0.2, 0) is 19.1 Å². The predicted molar refractivity (Wildman–Crippen MR) is 124 cm³/mol. The van der Waals surface area contributed by atoms with Gasteiger partial charge in [0.15, 0.2) is 17.2 Å². The van der Waals surface area contributed by atoms with Gasteiger partial charge in [0.2, 0.25) is 5.91 Å². The molecule has 9 heteroatoms. The van der Waals surface area contributed by atoms with Crippen LogP contribution in [0.25, 0.3) is 10.4 Å². The van der Waals surface area contributed by atoms with Crippen LogP contribution in [0.4, 0.5) is 5.69 Å². The summed E-state index contributed by atoms with van der Waals surface area (Å²) in [6.45, 7) is 6.86. The van der Waals surface area contributed by atoms with Gasteiger partial charge in [-0.1, -0.05) is 19.1 Å². The number of methoxy groups -OCH3 is 1. The maximum absolute atomic E-state index is 12.3. The zero-order valence-corrected chi connectivity index (χ0v) is 20.6. The second-order valence-electron chi connectivity index (χ2n) is 7.65. The molecule has 0 aliphatic heterocycles. The van der Waals surface area contributed by atoms with Gasteiger partial charge in [-0.25, -0.2) is 9.59 Å². The third-order valence-corrected chi connectivity index (χ3v) is 6.04. The summed E-state index contributed by atoms with van der Waals surface area (Å²) in [6.07, 6.45) is 1.19. The van der Waals surface area contributed by atoms with Crippen LogP contribution in [-0.4, -0.2) is 37.2 Å². The lowest BCUT2D eigenvalue weighted by Gasteiger charge is -2.19. The third kappa shape index (κ3) is 7.07. The molecule has 0 aliphatic rings. The van der Waals surface area contributed by atoms with E-state index in [9.17, 15) is 14.4 Å². The molecule has 0 unspecified atom stereocenters. The normalized spacial score (nSPS) is 11.0. The van der Waals surface area contributed by atoms with Crippen molar-refractivity contribution in [2.75, 3.05) is 19.0 Å². The summed E-state index contributed by atoms with van der Waals surface area (Å²) < 4.78 is 16.3. The lowest BCUT2D eigenvalue weighted by molar-refractivity contribution is -0.157. The van der Waals surface area contributed by atoms with E-state index >= 15 is 0 Å². The van der Waals surface area contributed by atoms with Gasteiger partial charge in [-0.05, 0) is 60.8 Å². The molecule has 31 heavy (non-hydrogen) atoms. The van der Waals surface area contributed by atoms with E-state index in [-0.39, 0.29) is 23.1 Å². The average Bonchev–Trinajstić information content (AvgIpc) is 3.01. The van der Waals surface area contributed by atoms with Crippen LogP contribution in [0.15, 0.2) is 28.7 Å². The number of nitrogens with one attached hydrogen (secondary N) is 1. The van der Waals surface area contributed by atoms with Gasteiger partial charge < -0.3 is 19.5 Å². The Morgan fingerprint density at radius 3 is 2.52 bits per heavy atom. The number of hydrogen-bond donors (Lipinski definition) is 1. The lowest BCUT2D eigenvalue weighted by atomic mass is 10.1. The van der Waals surface area contributed by atoms with Gasteiger partial charge in [0, 0.05) is 12.1 Å². The van der Waals surface area contributed by atoms with Crippen molar-refractivity contribution in [1.29, 1.82) is 0 Å². The standard InChI is InChI=1S/C22H26BrNO6S/c1-6-8-15(25)24-14-10-7-9-13(11-14)19-17(23)18(20(31-19)21(27)28-5)29-12-16(26)30-22(2,3)4/h7,9-11H,6,8,12H2,1-5H3,(H,24,25). The van der Waals surface area contributed by atoms with E-state index in [1.165, 1.54) is 7.11 Å². The average molecular weight is 512 g/mol. The molecule has 1 N–H and O–H groups in total. The van der Waals surface area contributed by atoms with Crippen LogP contribution < -0.4 is 10.1 Å². The molecule has 0 saturated heterocycles. The van der Waals surface area contributed by atoms with Crippen molar-refractivity contribution in [2.24, 2.45) is 0 Å². The highest BCUT2D eigenvalue weighted by atomic mass is 79.9. The van der Waals surface area contributed by atoms with E-state index in [2.05, 4.69) is 21.2 Å². The van der Waals surface area contributed by atoms with Crippen molar-refractivity contribution in [2.45, 2.75) is 46.1 Å². The summed E-state index contributed by atoms with van der Waals surface area (Å²) in [5.41, 5.74) is 0.765. The van der Waals surface area contributed by atoms with Gasteiger partial charge in [0.05, 0.1) is 16.5 Å². The van der Waals surface area contributed by atoms with Crippen LogP contribution in [0.1, 0.15) is 50.2 Å². The Hall–Kier alpha value is -2.39. The van der Waals surface area contributed by atoms with Crippen LogP contribution in [0, 0.1) is 0 Å². The molecule has 168 valence electrons. The number of amides is 1. The molecule has 2 aromatic rings. The van der Waals surface area contributed by atoms with Crippen LogP contribution in [0.2, 0.25) is 0 Å². The zero-order valence-electron chi connectivity index (χ0n) is 18.2. The molecule has 0 saturated carbocycles. The highest BCUT2D eigenvalue weighted by Crippen LogP contribution is 2.46. The van der Waals surface area contributed by atoms with Crippen molar-refractivity contribution in [3.63, 3.8) is 0 Å². The number of halogens is 1. The van der Waals surface area contributed by atoms with Gasteiger partial charge in [0.1, 0.15) is 5.60 Å². The van der Waals surface area contributed by atoms with Crippen molar-refractivity contribution < 1.29 is 28.6 Å². The van der Waals surface area contributed by atoms with E-state index in [1.54, 1.807) is 26.8 Å². The molecule has 1 aromatic heterocycles. The molecule has 1 amide bonds. The summed E-state index contributed by atoms with van der Waals surface area (Å²) in [4.78, 5) is 37.2. The summed E-state index contributed by atoms with van der Waals surface area (Å²) in [6, 6.07) is 7.26. The number of carbonyl (C=O) groups is 3. The number of benzene rings is 1. The number of rotatable bonds is 8. The number of esters is 2. The van der Waals surface area contributed by atoms with Gasteiger partial charge in [-0.3, -0.25) is 4.79 Å². The number of carbonyl (C=O) groups excluding carboxylic acids is 3. The Balaban J connectivity index is 2.34. The van der Waals surface area contributed by atoms with Crippen molar-refractivity contribution >= 4 is 50.8 Å². The first-order valence-electron chi connectivity index (χ1n) is 9.71. The van der Waals surface area contributed by atoms with Gasteiger partial charge in [-0.2, -0.15) is 0 Å². The van der Waals surface area contributed by atoms with Gasteiger partial charge in [-0.15, -0.1) is 11.3 Å². The summed E-state index contributed by atoms with van der Waals surface area (Å²) in [7, 11) is 1.27. The smallest absolute Gasteiger partial charge is 0.351 e. The SMILES string of the molecule is CCCC(=O)Nc1cccc(-c2sc(C(=O)OC)c(OCC(=O)OC(C)(C)C)c2Br)c1. The molecule has 0 radical (unpaired) electrons. The first-order valence-corrected chi connectivity index (χ1v) is 11.3. The van der Waals surface area contributed by atoms with E-state index < -0.39 is 17.5 Å². The van der Waals surface area contributed by atoms with Crippen molar-refractivity contribution in [3.8, 4) is 16.2 Å². The minimum Gasteiger partial charge on any atom is -0.479 e. The summed E-state index contributed by atoms with van der Waals surface area (Å²) in [5.74, 6) is -0.994. The van der Waals surface area contributed by atoms with Gasteiger partial charge in [0.25, 0.3) is 0 Å². The molecule has 0 fully saturated rings. The second kappa shape index (κ2) is 10.8. The minimum absolute atomic E-state index is 0.0680. The van der Waals surface area contributed by atoms with Crippen LogP contribution >= 0.6 is 27.3 Å². The fourth-order valence-electron chi connectivity index (χ4n) is 2.63. The third-order valence-electron chi connectivity index (χ3n) is 3.82. The molecule has 0 bridgehead atoms. The van der Waals surface area contributed by atoms with E-state index in [0.717, 1.165) is 23.3 Å². The van der Waals surface area contributed by atoms with E-state index in [4.69, 9.17) is 14.2 Å². The zero-order chi connectivity index (χ0) is 23.2. The van der Waals surface area contributed by atoms with Crippen molar-refractivity contribution in [3.05, 3.63) is 33.6 Å². The monoisotopic (exact) mass is 511 g/mol. The maximum atomic E-state index is 12.3. The molecule has 1 heterocycles. The van der Waals surface area contributed by atoms with E-state index in [1.807, 2.05) is 25.1 Å². The second-order valence-corrected chi connectivity index (χ2v) is 9.46. The summed E-state index contributed by atoms with van der Waals surface area (Å²) >= 11 is 4.65. The number of ether oxygens (including phenoxy) is 3. The number of anilines is 1. The molecule has 1 aromatic carbocycles. The molecular weight excluding hydrogens is 486 g/mol. The molecule has 7 nitrogen and oxygen atoms in total. The number of thiophene rings is 1. The fourth-order valence-corrected chi connectivity index (χ4v) is 4.60. The first kappa shape index (κ1) is 24.9. The largest absolute Gasteiger partial charge is 0.479 e. The Morgan fingerprint density at radius 2 is 1.90 bits per heavy atom. The Kier molecular flexibility index (Phi) is 8.64. The first-order chi connectivity index (χ1) is 14.6. The Bertz CT molecular complexity index is 963. The highest BCUT2D eigenvalue weighted by molar-refractivity contribution is 9.10. The Morgan fingerprint density at radius 1 is 1.19 bits per heavy atom. The molecule has 0 aliphatic carbocycles.